The zero-order chi connectivity index (χ0) is 18.6. The van der Waals surface area contributed by atoms with E-state index in [2.05, 4.69) is 11.1 Å². The predicted octanol–water partition coefficient (Wildman–Crippen LogP) is 4.44. The number of pyridine rings is 2. The highest BCUT2D eigenvalue weighted by atomic mass is 16.1. The Balaban J connectivity index is 2.04. The fourth-order valence-corrected chi connectivity index (χ4v) is 3.06. The molecule has 0 unspecified atom stereocenters. The molecule has 4 heteroatoms. The van der Waals surface area contributed by atoms with Crippen LogP contribution in [-0.4, -0.2) is 9.55 Å². The average Bonchev–Trinajstić information content (AvgIpc) is 2.75. The van der Waals surface area contributed by atoms with E-state index in [0.29, 0.717) is 16.7 Å². The molecule has 0 saturated carbocycles. The van der Waals surface area contributed by atoms with Crippen molar-refractivity contribution in [3.63, 3.8) is 0 Å². The first-order valence-electron chi connectivity index (χ1n) is 8.50. The zero-order valence-electron chi connectivity index (χ0n) is 14.4. The summed E-state index contributed by atoms with van der Waals surface area (Å²) in [6.45, 7) is 0. The van der Waals surface area contributed by atoms with E-state index in [9.17, 15) is 10.1 Å². The molecule has 0 saturated heterocycles. The Morgan fingerprint density at radius 1 is 0.852 bits per heavy atom. The van der Waals surface area contributed by atoms with E-state index in [4.69, 9.17) is 0 Å². The summed E-state index contributed by atoms with van der Waals surface area (Å²) in [5.41, 5.74) is 3.93. The normalized spacial score (nSPS) is 10.3. The third-order valence-electron chi connectivity index (χ3n) is 4.38. The first-order chi connectivity index (χ1) is 13.3. The lowest BCUT2D eigenvalue weighted by Gasteiger charge is -2.13. The second-order valence-electron chi connectivity index (χ2n) is 6.05. The standard InChI is InChI=1S/C23H15N3O/c24-14-17-7-4-5-11-21(17)22-13-19(18-8-6-12-25-15-18)16-26(23(22)27)20-9-2-1-3-10-20/h1-13,15-16H. The number of para-hydroxylation sites is 1. The molecule has 2 heterocycles. The van der Waals surface area contributed by atoms with Gasteiger partial charge < -0.3 is 0 Å². The second kappa shape index (κ2) is 7.11. The fraction of sp³-hybridized carbons (Fsp3) is 0. The quantitative estimate of drug-likeness (QED) is 0.549. The maximum absolute atomic E-state index is 13.3. The molecule has 2 aromatic carbocycles. The van der Waals surface area contributed by atoms with E-state index in [1.54, 1.807) is 35.2 Å². The molecule has 4 nitrogen and oxygen atoms in total. The van der Waals surface area contributed by atoms with Gasteiger partial charge in [-0.2, -0.15) is 5.26 Å². The van der Waals surface area contributed by atoms with Gasteiger partial charge in [-0.25, -0.2) is 0 Å². The molecule has 4 rings (SSSR count). The molecule has 2 aromatic heterocycles. The van der Waals surface area contributed by atoms with Crippen LogP contribution in [0.1, 0.15) is 5.56 Å². The zero-order valence-corrected chi connectivity index (χ0v) is 14.4. The van der Waals surface area contributed by atoms with Crippen molar-refractivity contribution in [3.8, 4) is 34.0 Å². The Morgan fingerprint density at radius 3 is 2.37 bits per heavy atom. The molecular weight excluding hydrogens is 334 g/mol. The van der Waals surface area contributed by atoms with Gasteiger partial charge in [0.1, 0.15) is 0 Å². The summed E-state index contributed by atoms with van der Waals surface area (Å²) in [5.74, 6) is 0. The van der Waals surface area contributed by atoms with Crippen LogP contribution >= 0.6 is 0 Å². The van der Waals surface area contributed by atoms with E-state index in [1.807, 2.05) is 60.8 Å². The largest absolute Gasteiger partial charge is 0.283 e. The molecule has 4 aromatic rings. The van der Waals surface area contributed by atoms with Crippen LogP contribution in [0.5, 0.6) is 0 Å². The molecule has 0 aliphatic rings. The second-order valence-corrected chi connectivity index (χ2v) is 6.05. The van der Waals surface area contributed by atoms with Crippen LogP contribution < -0.4 is 5.56 Å². The number of benzene rings is 2. The Labute approximate surface area is 156 Å². The summed E-state index contributed by atoms with van der Waals surface area (Å²) in [7, 11) is 0. The van der Waals surface area contributed by atoms with Crippen molar-refractivity contribution in [2.45, 2.75) is 0 Å². The first-order valence-corrected chi connectivity index (χ1v) is 8.50. The Hall–Kier alpha value is -3.97. The molecule has 0 amide bonds. The van der Waals surface area contributed by atoms with Gasteiger partial charge in [-0.05, 0) is 30.3 Å². The van der Waals surface area contributed by atoms with Crippen LogP contribution in [0.4, 0.5) is 0 Å². The van der Waals surface area contributed by atoms with Crippen molar-refractivity contribution in [2.24, 2.45) is 0 Å². The molecule has 0 bridgehead atoms. The molecule has 0 aliphatic carbocycles. The van der Waals surface area contributed by atoms with Crippen molar-refractivity contribution in [2.75, 3.05) is 0 Å². The summed E-state index contributed by atoms with van der Waals surface area (Å²) in [5, 5.41) is 9.47. The molecule has 0 N–H and O–H groups in total. The van der Waals surface area contributed by atoms with Crippen LogP contribution in [0.15, 0.2) is 96.2 Å². The molecule has 0 spiro atoms. The van der Waals surface area contributed by atoms with Gasteiger partial charge >= 0.3 is 0 Å². The summed E-state index contributed by atoms with van der Waals surface area (Å²) in [4.78, 5) is 17.4. The minimum atomic E-state index is -0.170. The smallest absolute Gasteiger partial charge is 0.263 e. The van der Waals surface area contributed by atoms with Gasteiger partial charge in [-0.1, -0.05) is 42.5 Å². The van der Waals surface area contributed by atoms with Gasteiger partial charge in [0, 0.05) is 46.5 Å². The third kappa shape index (κ3) is 3.14. The highest BCUT2D eigenvalue weighted by Crippen LogP contribution is 2.26. The number of nitrogens with zero attached hydrogens (tertiary/aromatic N) is 3. The molecular formula is C23H15N3O. The fourth-order valence-electron chi connectivity index (χ4n) is 3.06. The van der Waals surface area contributed by atoms with Crippen LogP contribution in [0, 0.1) is 11.3 Å². The molecule has 128 valence electrons. The average molecular weight is 349 g/mol. The summed E-state index contributed by atoms with van der Waals surface area (Å²) >= 11 is 0. The topological polar surface area (TPSA) is 58.7 Å². The summed E-state index contributed by atoms with van der Waals surface area (Å²) in [6.07, 6.45) is 5.28. The third-order valence-corrected chi connectivity index (χ3v) is 4.38. The van der Waals surface area contributed by atoms with Crippen molar-refractivity contribution in [1.82, 2.24) is 9.55 Å². The SMILES string of the molecule is N#Cc1ccccc1-c1cc(-c2cccnc2)cn(-c2ccccc2)c1=O. The van der Waals surface area contributed by atoms with Crippen molar-refractivity contribution in [1.29, 1.82) is 5.26 Å². The van der Waals surface area contributed by atoms with E-state index in [-0.39, 0.29) is 5.56 Å². The van der Waals surface area contributed by atoms with Gasteiger partial charge in [0.15, 0.2) is 0 Å². The van der Waals surface area contributed by atoms with Gasteiger partial charge in [0.2, 0.25) is 0 Å². The van der Waals surface area contributed by atoms with Gasteiger partial charge in [-0.15, -0.1) is 0 Å². The van der Waals surface area contributed by atoms with Crippen LogP contribution in [-0.2, 0) is 0 Å². The van der Waals surface area contributed by atoms with E-state index in [1.165, 1.54) is 0 Å². The Morgan fingerprint density at radius 2 is 1.63 bits per heavy atom. The monoisotopic (exact) mass is 349 g/mol. The van der Waals surface area contributed by atoms with Gasteiger partial charge in [0.25, 0.3) is 5.56 Å². The van der Waals surface area contributed by atoms with E-state index in [0.717, 1.165) is 16.8 Å². The Bertz CT molecular complexity index is 1190. The highest BCUT2D eigenvalue weighted by Gasteiger charge is 2.14. The maximum atomic E-state index is 13.3. The predicted molar refractivity (Wildman–Crippen MR) is 105 cm³/mol. The summed E-state index contributed by atoms with van der Waals surface area (Å²) in [6, 6.07) is 24.4. The molecule has 0 fully saturated rings. The minimum absolute atomic E-state index is 0.170. The number of rotatable bonds is 3. The maximum Gasteiger partial charge on any atom is 0.263 e. The number of hydrogen-bond donors (Lipinski definition) is 0. The van der Waals surface area contributed by atoms with Crippen molar-refractivity contribution >= 4 is 0 Å². The highest BCUT2D eigenvalue weighted by molar-refractivity contribution is 5.75. The molecule has 0 atom stereocenters. The molecule has 27 heavy (non-hydrogen) atoms. The van der Waals surface area contributed by atoms with Crippen LogP contribution in [0.25, 0.3) is 27.9 Å². The van der Waals surface area contributed by atoms with Gasteiger partial charge in [0.05, 0.1) is 11.6 Å². The van der Waals surface area contributed by atoms with Crippen molar-refractivity contribution in [3.05, 3.63) is 107 Å². The Kier molecular flexibility index (Phi) is 4.34. The molecule has 0 radical (unpaired) electrons. The van der Waals surface area contributed by atoms with E-state index >= 15 is 0 Å². The lowest BCUT2D eigenvalue weighted by Crippen LogP contribution is -2.20. The summed E-state index contributed by atoms with van der Waals surface area (Å²) < 4.78 is 1.62. The number of hydrogen-bond acceptors (Lipinski definition) is 3. The molecule has 0 aliphatic heterocycles. The minimum Gasteiger partial charge on any atom is -0.283 e. The van der Waals surface area contributed by atoms with Crippen molar-refractivity contribution < 1.29 is 0 Å². The van der Waals surface area contributed by atoms with Crippen LogP contribution in [0.2, 0.25) is 0 Å². The van der Waals surface area contributed by atoms with Gasteiger partial charge in [-0.3, -0.25) is 14.3 Å². The number of aromatic nitrogens is 2. The van der Waals surface area contributed by atoms with Crippen LogP contribution in [0.3, 0.4) is 0 Å². The number of nitriles is 1. The van der Waals surface area contributed by atoms with E-state index < -0.39 is 0 Å². The lowest BCUT2D eigenvalue weighted by molar-refractivity contribution is 0.995. The first kappa shape index (κ1) is 16.5. The lowest BCUT2D eigenvalue weighted by atomic mass is 9.98.